The van der Waals surface area contributed by atoms with Crippen LogP contribution in [0.3, 0.4) is 0 Å². The predicted octanol–water partition coefficient (Wildman–Crippen LogP) is 3.18. The van der Waals surface area contributed by atoms with E-state index in [1.807, 2.05) is 42.5 Å². The highest BCUT2D eigenvalue weighted by Crippen LogP contribution is 2.15. The van der Waals surface area contributed by atoms with Gasteiger partial charge in [0.2, 0.25) is 0 Å². The van der Waals surface area contributed by atoms with Crippen molar-refractivity contribution in [3.05, 3.63) is 60.2 Å². The molecule has 0 fully saturated rings. The number of rotatable bonds is 3. The molecule has 75 valence electrons. The first-order valence-electron chi connectivity index (χ1n) is 4.83. The second-order valence-electron chi connectivity index (χ2n) is 3.30. The largest absolute Gasteiger partial charge is 0.489 e. The highest BCUT2D eigenvalue weighted by atomic mass is 16.5. The van der Waals surface area contributed by atoms with Crippen LogP contribution < -0.4 is 10.5 Å². The third-order valence-corrected chi connectivity index (χ3v) is 2.10. The fourth-order valence-electron chi connectivity index (χ4n) is 1.29. The van der Waals surface area contributed by atoms with Crippen LogP contribution in [0.15, 0.2) is 54.6 Å². The molecule has 2 aromatic rings. The summed E-state index contributed by atoms with van der Waals surface area (Å²) in [6.07, 6.45) is 0. The van der Waals surface area contributed by atoms with Gasteiger partial charge in [0.15, 0.2) is 0 Å². The Morgan fingerprint density at radius 2 is 1.53 bits per heavy atom. The Balaban J connectivity index is 1.96. The van der Waals surface area contributed by atoms with Gasteiger partial charge in [0, 0.05) is 0 Å². The zero-order valence-corrected chi connectivity index (χ0v) is 8.31. The van der Waals surface area contributed by atoms with E-state index < -0.39 is 0 Å². The second-order valence-corrected chi connectivity index (χ2v) is 3.30. The van der Waals surface area contributed by atoms with E-state index in [1.54, 1.807) is 12.1 Å². The lowest BCUT2D eigenvalue weighted by Gasteiger charge is -2.05. The fraction of sp³-hybridized carbons (Fsp3) is 0.0769. The van der Waals surface area contributed by atoms with Crippen molar-refractivity contribution in [3.63, 3.8) is 0 Å². The van der Waals surface area contributed by atoms with Crippen molar-refractivity contribution in [2.45, 2.75) is 6.61 Å². The molecule has 0 aliphatic heterocycles. The Morgan fingerprint density at radius 1 is 0.867 bits per heavy atom. The number of benzene rings is 2. The van der Waals surface area contributed by atoms with Crippen LogP contribution in [-0.2, 0) is 6.61 Å². The molecule has 0 aliphatic rings. The molecule has 0 heterocycles. The van der Waals surface area contributed by atoms with Gasteiger partial charge in [-0.2, -0.15) is 0 Å². The number of ether oxygens (including phenoxy) is 1. The zero-order chi connectivity index (χ0) is 10.5. The number of hydrogen-bond donors (Lipinski definition) is 0. The minimum Gasteiger partial charge on any atom is -0.489 e. The van der Waals surface area contributed by atoms with Crippen molar-refractivity contribution < 1.29 is 4.74 Å². The first-order valence-corrected chi connectivity index (χ1v) is 4.83. The molecule has 15 heavy (non-hydrogen) atoms. The summed E-state index contributed by atoms with van der Waals surface area (Å²) < 4.78 is 5.56. The quantitative estimate of drug-likeness (QED) is 0.745. The second kappa shape index (κ2) is 4.51. The van der Waals surface area contributed by atoms with E-state index in [2.05, 4.69) is 0 Å². The first kappa shape index (κ1) is 9.59. The molecule has 0 unspecified atom stereocenters. The summed E-state index contributed by atoms with van der Waals surface area (Å²) >= 11 is 0. The molecule has 2 nitrogen and oxygen atoms in total. The fourth-order valence-corrected chi connectivity index (χ4v) is 1.29. The lowest BCUT2D eigenvalue weighted by molar-refractivity contribution is 0.306. The van der Waals surface area contributed by atoms with Gasteiger partial charge in [0.05, 0.1) is 5.69 Å². The molecule has 0 saturated carbocycles. The van der Waals surface area contributed by atoms with Crippen LogP contribution in [0.1, 0.15) is 5.56 Å². The highest BCUT2D eigenvalue weighted by molar-refractivity contribution is 5.38. The molecule has 1 N–H and O–H groups in total. The van der Waals surface area contributed by atoms with Gasteiger partial charge in [-0.3, -0.25) is 0 Å². The molecule has 0 spiro atoms. The molecule has 2 rings (SSSR count). The summed E-state index contributed by atoms with van der Waals surface area (Å²) in [5.41, 5.74) is 8.98. The molecular formula is C13H12NO. The smallest absolute Gasteiger partial charge is 0.119 e. The maximum Gasteiger partial charge on any atom is 0.119 e. The minimum absolute atomic E-state index is 0.502. The minimum atomic E-state index is 0.502. The standard InChI is InChI=1S/C13H12NO/c14-12-6-8-13(9-7-12)15-10-11-4-2-1-3-5-11/h1-9,14H,10H2. The van der Waals surface area contributed by atoms with Gasteiger partial charge in [-0.15, -0.1) is 0 Å². The Bertz CT molecular complexity index is 408. The summed E-state index contributed by atoms with van der Waals surface area (Å²) in [4.78, 5) is 0. The Kier molecular flexibility index (Phi) is 2.88. The van der Waals surface area contributed by atoms with Gasteiger partial charge < -0.3 is 10.5 Å². The molecule has 0 amide bonds. The summed E-state index contributed by atoms with van der Waals surface area (Å²) in [7, 11) is 0. The monoisotopic (exact) mass is 198 g/mol. The van der Waals surface area contributed by atoms with E-state index in [0.717, 1.165) is 11.3 Å². The molecule has 0 saturated heterocycles. The first-order chi connectivity index (χ1) is 7.34. The summed E-state index contributed by atoms with van der Waals surface area (Å²) in [6, 6.07) is 17.1. The molecule has 0 atom stereocenters. The van der Waals surface area contributed by atoms with E-state index in [0.29, 0.717) is 12.3 Å². The average Bonchev–Trinajstić information content (AvgIpc) is 2.30. The van der Waals surface area contributed by atoms with Gasteiger partial charge >= 0.3 is 0 Å². The van der Waals surface area contributed by atoms with Crippen LogP contribution in [-0.4, -0.2) is 0 Å². The summed E-state index contributed by atoms with van der Waals surface area (Å²) in [6.45, 7) is 0.568. The van der Waals surface area contributed by atoms with Gasteiger partial charge in [0.25, 0.3) is 0 Å². The van der Waals surface area contributed by atoms with Crippen LogP contribution in [0.2, 0.25) is 0 Å². The molecule has 2 aromatic carbocycles. The lowest BCUT2D eigenvalue weighted by atomic mass is 10.2. The van der Waals surface area contributed by atoms with Gasteiger partial charge in [-0.25, -0.2) is 0 Å². The Morgan fingerprint density at radius 3 is 2.20 bits per heavy atom. The van der Waals surface area contributed by atoms with Crippen LogP contribution in [0, 0.1) is 0 Å². The summed E-state index contributed by atoms with van der Waals surface area (Å²) in [5.74, 6) is 0.801. The van der Waals surface area contributed by atoms with Crippen LogP contribution in [0.4, 0.5) is 5.69 Å². The molecule has 0 aromatic heterocycles. The van der Waals surface area contributed by atoms with E-state index in [-0.39, 0.29) is 0 Å². The molecule has 0 bridgehead atoms. The van der Waals surface area contributed by atoms with E-state index in [4.69, 9.17) is 10.5 Å². The molecule has 0 aliphatic carbocycles. The van der Waals surface area contributed by atoms with Crippen molar-refractivity contribution >= 4 is 5.69 Å². The van der Waals surface area contributed by atoms with E-state index in [9.17, 15) is 0 Å². The third-order valence-electron chi connectivity index (χ3n) is 2.10. The molecule has 1 radical (unpaired) electrons. The van der Waals surface area contributed by atoms with Crippen LogP contribution in [0.25, 0.3) is 0 Å². The molecular weight excluding hydrogens is 186 g/mol. The topological polar surface area (TPSA) is 33.0 Å². The van der Waals surface area contributed by atoms with Crippen molar-refractivity contribution in [1.82, 2.24) is 5.73 Å². The van der Waals surface area contributed by atoms with Crippen LogP contribution in [0.5, 0.6) is 5.75 Å². The maximum atomic E-state index is 7.33. The summed E-state index contributed by atoms with van der Waals surface area (Å²) in [5, 5.41) is 0. The third kappa shape index (κ3) is 2.74. The van der Waals surface area contributed by atoms with Crippen molar-refractivity contribution in [2.24, 2.45) is 0 Å². The Hall–Kier alpha value is -1.96. The SMILES string of the molecule is [NH]c1ccc(OCc2ccccc2)cc1. The van der Waals surface area contributed by atoms with Crippen molar-refractivity contribution in [2.75, 3.05) is 0 Å². The van der Waals surface area contributed by atoms with Crippen molar-refractivity contribution in [1.29, 1.82) is 0 Å². The van der Waals surface area contributed by atoms with Gasteiger partial charge in [-0.1, -0.05) is 30.3 Å². The van der Waals surface area contributed by atoms with Gasteiger partial charge in [0.1, 0.15) is 12.4 Å². The van der Waals surface area contributed by atoms with Gasteiger partial charge in [-0.05, 0) is 29.8 Å². The number of nitrogens with one attached hydrogen (secondary N) is 1. The van der Waals surface area contributed by atoms with E-state index >= 15 is 0 Å². The highest BCUT2D eigenvalue weighted by Gasteiger charge is 1.94. The maximum absolute atomic E-state index is 7.33. The van der Waals surface area contributed by atoms with Crippen LogP contribution >= 0.6 is 0 Å². The predicted molar refractivity (Wildman–Crippen MR) is 60.0 cm³/mol. The number of hydrogen-bond acceptors (Lipinski definition) is 1. The molecule has 2 heteroatoms. The normalized spacial score (nSPS) is 9.87. The van der Waals surface area contributed by atoms with Crippen molar-refractivity contribution in [3.8, 4) is 5.75 Å². The zero-order valence-electron chi connectivity index (χ0n) is 8.31. The Labute approximate surface area is 89.3 Å². The average molecular weight is 198 g/mol. The van der Waals surface area contributed by atoms with E-state index in [1.165, 1.54) is 0 Å². The lowest BCUT2D eigenvalue weighted by Crippen LogP contribution is -1.94.